The van der Waals surface area contributed by atoms with Crippen LogP contribution in [0.4, 0.5) is 0 Å². The summed E-state index contributed by atoms with van der Waals surface area (Å²) in [7, 11) is -1.83. The largest absolute Gasteiger partial charge is 0.508 e. The molecular weight excluding hydrogens is 211 g/mol. The van der Waals surface area contributed by atoms with Gasteiger partial charge in [0.25, 0.3) is 7.42 Å². The number of hydrogen-bond donors (Lipinski definition) is 1. The van der Waals surface area contributed by atoms with E-state index in [9.17, 15) is 5.11 Å². The Kier molecular flexibility index (Phi) is 3.44. The molecule has 0 spiro atoms. The highest BCUT2D eigenvalue weighted by molar-refractivity contribution is 7.39. The first kappa shape index (κ1) is 9.90. The SMILES string of the molecule is CCc1c(O)cccc1[SiH](Cl)Cl. The predicted octanol–water partition coefficient (Wildman–Crippen LogP) is 1.86. The first-order chi connectivity index (χ1) is 5.66. The van der Waals surface area contributed by atoms with Crippen LogP contribution in [0, 0.1) is 0 Å². The Balaban J connectivity index is 3.18. The molecular formula is C8H10Cl2OSi. The molecule has 0 aliphatic carbocycles. The quantitative estimate of drug-likeness (QED) is 0.597. The Morgan fingerprint density at radius 2 is 2.08 bits per heavy atom. The van der Waals surface area contributed by atoms with Gasteiger partial charge in [0.15, 0.2) is 0 Å². The van der Waals surface area contributed by atoms with Crippen molar-refractivity contribution in [2.45, 2.75) is 13.3 Å². The van der Waals surface area contributed by atoms with Gasteiger partial charge in [-0.2, -0.15) is 0 Å². The topological polar surface area (TPSA) is 20.2 Å². The van der Waals surface area contributed by atoms with Crippen LogP contribution in [0.2, 0.25) is 0 Å². The van der Waals surface area contributed by atoms with Gasteiger partial charge >= 0.3 is 0 Å². The summed E-state index contributed by atoms with van der Waals surface area (Å²) < 4.78 is 0. The van der Waals surface area contributed by atoms with Gasteiger partial charge in [0.05, 0.1) is 0 Å². The number of rotatable bonds is 2. The summed E-state index contributed by atoms with van der Waals surface area (Å²) in [5.41, 5.74) is 0.888. The van der Waals surface area contributed by atoms with Gasteiger partial charge in [-0.15, -0.1) is 22.2 Å². The predicted molar refractivity (Wildman–Crippen MR) is 56.0 cm³/mol. The normalized spacial score (nSPS) is 10.7. The summed E-state index contributed by atoms with van der Waals surface area (Å²) in [6.07, 6.45) is 0.769. The van der Waals surface area contributed by atoms with E-state index in [1.54, 1.807) is 12.1 Å². The Bertz CT molecular complexity index is 276. The average Bonchev–Trinajstić information content (AvgIpc) is 2.03. The van der Waals surface area contributed by atoms with Gasteiger partial charge in [0, 0.05) is 0 Å². The molecule has 1 rings (SSSR count). The molecule has 0 bridgehead atoms. The standard InChI is InChI=1S/C8H10Cl2OSi/c1-2-6-7(11)4-3-5-8(6)12(9)10/h3-5,11-12H,2H2,1H3. The Labute approximate surface area is 83.0 Å². The van der Waals surface area contributed by atoms with Crippen molar-refractivity contribution < 1.29 is 5.11 Å². The van der Waals surface area contributed by atoms with Gasteiger partial charge < -0.3 is 5.11 Å². The highest BCUT2D eigenvalue weighted by atomic mass is 35.7. The van der Waals surface area contributed by atoms with Crippen LogP contribution < -0.4 is 5.19 Å². The Morgan fingerprint density at radius 3 is 2.50 bits per heavy atom. The summed E-state index contributed by atoms with van der Waals surface area (Å²) in [4.78, 5) is 0. The van der Waals surface area contributed by atoms with Crippen LogP contribution in [-0.2, 0) is 6.42 Å². The smallest absolute Gasteiger partial charge is 0.267 e. The molecule has 0 saturated carbocycles. The number of phenols is 1. The molecule has 0 heterocycles. The molecule has 1 nitrogen and oxygen atoms in total. The molecule has 1 aromatic carbocycles. The number of hydrogen-bond acceptors (Lipinski definition) is 1. The summed E-state index contributed by atoms with van der Waals surface area (Å²) in [6.45, 7) is 1.98. The van der Waals surface area contributed by atoms with Gasteiger partial charge in [0.1, 0.15) is 5.75 Å². The molecule has 0 fully saturated rings. The van der Waals surface area contributed by atoms with E-state index in [1.807, 2.05) is 13.0 Å². The molecule has 12 heavy (non-hydrogen) atoms. The number of aromatic hydroxyl groups is 1. The van der Waals surface area contributed by atoms with E-state index >= 15 is 0 Å². The fourth-order valence-electron chi connectivity index (χ4n) is 1.18. The maximum Gasteiger partial charge on any atom is 0.267 e. The van der Waals surface area contributed by atoms with Crippen LogP contribution in [0.25, 0.3) is 0 Å². The van der Waals surface area contributed by atoms with Gasteiger partial charge in [-0.05, 0) is 23.2 Å². The molecule has 0 unspecified atom stereocenters. The zero-order valence-corrected chi connectivity index (χ0v) is 9.39. The maximum absolute atomic E-state index is 9.45. The number of phenolic OH excluding ortho intramolecular Hbond substituents is 1. The Hall–Kier alpha value is -0.183. The molecule has 0 aliphatic heterocycles. The third-order valence-corrected chi connectivity index (χ3v) is 4.20. The second-order valence-corrected chi connectivity index (χ2v) is 7.01. The monoisotopic (exact) mass is 220 g/mol. The molecule has 4 heteroatoms. The van der Waals surface area contributed by atoms with E-state index in [0.717, 1.165) is 17.2 Å². The molecule has 0 amide bonds. The van der Waals surface area contributed by atoms with Crippen molar-refractivity contribution in [1.82, 2.24) is 0 Å². The average molecular weight is 221 g/mol. The zero-order chi connectivity index (χ0) is 9.14. The van der Waals surface area contributed by atoms with Crippen molar-refractivity contribution in [2.75, 3.05) is 0 Å². The highest BCUT2D eigenvalue weighted by Crippen LogP contribution is 2.16. The molecule has 1 N–H and O–H groups in total. The minimum atomic E-state index is -1.83. The summed E-state index contributed by atoms with van der Waals surface area (Å²) >= 11 is 11.7. The minimum absolute atomic E-state index is 0.300. The fraction of sp³-hybridized carbons (Fsp3) is 0.250. The molecule has 1 aromatic rings. The van der Waals surface area contributed by atoms with Gasteiger partial charge in [0.2, 0.25) is 0 Å². The molecule has 0 saturated heterocycles. The van der Waals surface area contributed by atoms with E-state index in [4.69, 9.17) is 22.2 Å². The van der Waals surface area contributed by atoms with Crippen molar-refractivity contribution in [1.29, 1.82) is 0 Å². The van der Waals surface area contributed by atoms with Gasteiger partial charge in [-0.25, -0.2) is 0 Å². The molecule has 0 aromatic heterocycles. The van der Waals surface area contributed by atoms with Crippen molar-refractivity contribution in [3.8, 4) is 5.75 Å². The summed E-state index contributed by atoms with van der Waals surface area (Å²) in [5, 5.41) is 10.4. The lowest BCUT2D eigenvalue weighted by Gasteiger charge is -2.08. The third kappa shape index (κ3) is 1.94. The lowest BCUT2D eigenvalue weighted by atomic mass is 10.1. The Morgan fingerprint density at radius 1 is 1.42 bits per heavy atom. The zero-order valence-electron chi connectivity index (χ0n) is 6.72. The van der Waals surface area contributed by atoms with E-state index in [0.29, 0.717) is 5.75 Å². The summed E-state index contributed by atoms with van der Waals surface area (Å²) in [6, 6.07) is 5.32. The first-order valence-electron chi connectivity index (χ1n) is 3.75. The second kappa shape index (κ2) is 4.17. The summed E-state index contributed by atoms with van der Waals surface area (Å²) in [5.74, 6) is 0.300. The minimum Gasteiger partial charge on any atom is -0.508 e. The number of benzene rings is 1. The molecule has 0 aliphatic rings. The van der Waals surface area contributed by atoms with E-state index in [-0.39, 0.29) is 0 Å². The van der Waals surface area contributed by atoms with Crippen LogP contribution >= 0.6 is 22.2 Å². The molecule has 0 radical (unpaired) electrons. The van der Waals surface area contributed by atoms with E-state index < -0.39 is 7.42 Å². The van der Waals surface area contributed by atoms with E-state index in [1.165, 1.54) is 0 Å². The van der Waals surface area contributed by atoms with Crippen molar-refractivity contribution in [3.63, 3.8) is 0 Å². The van der Waals surface area contributed by atoms with Crippen LogP contribution in [0.5, 0.6) is 5.75 Å². The van der Waals surface area contributed by atoms with E-state index in [2.05, 4.69) is 0 Å². The van der Waals surface area contributed by atoms with Crippen molar-refractivity contribution >= 4 is 34.8 Å². The number of halogens is 2. The lowest BCUT2D eigenvalue weighted by Crippen LogP contribution is -2.22. The molecule has 0 atom stereocenters. The van der Waals surface area contributed by atoms with Crippen molar-refractivity contribution in [2.24, 2.45) is 0 Å². The molecule has 66 valence electrons. The second-order valence-electron chi connectivity index (χ2n) is 2.50. The lowest BCUT2D eigenvalue weighted by molar-refractivity contribution is 0.469. The highest BCUT2D eigenvalue weighted by Gasteiger charge is 2.12. The maximum atomic E-state index is 9.45. The van der Waals surface area contributed by atoms with Crippen LogP contribution in [-0.4, -0.2) is 12.5 Å². The van der Waals surface area contributed by atoms with Crippen LogP contribution in [0.1, 0.15) is 12.5 Å². The van der Waals surface area contributed by atoms with Crippen molar-refractivity contribution in [3.05, 3.63) is 23.8 Å². The first-order valence-corrected chi connectivity index (χ1v) is 7.82. The van der Waals surface area contributed by atoms with Gasteiger partial charge in [-0.3, -0.25) is 0 Å². The third-order valence-electron chi connectivity index (χ3n) is 1.78. The van der Waals surface area contributed by atoms with Crippen LogP contribution in [0.3, 0.4) is 0 Å². The fourth-order valence-corrected chi connectivity index (χ4v) is 3.28. The van der Waals surface area contributed by atoms with Gasteiger partial charge in [-0.1, -0.05) is 19.1 Å². The van der Waals surface area contributed by atoms with Crippen LogP contribution in [0.15, 0.2) is 18.2 Å².